The molecule has 1 aliphatic carbocycles. The molecule has 2 atom stereocenters. The summed E-state index contributed by atoms with van der Waals surface area (Å²) in [6.07, 6.45) is 7.02. The van der Waals surface area contributed by atoms with Crippen molar-refractivity contribution >= 4 is 12.0 Å². The van der Waals surface area contributed by atoms with Crippen LogP contribution in [0.2, 0.25) is 0 Å². The number of amides is 2. The number of carboxylic acid groups (broad SMARTS) is 1. The van der Waals surface area contributed by atoms with Gasteiger partial charge in [0.1, 0.15) is 6.04 Å². The van der Waals surface area contributed by atoms with Crippen LogP contribution < -0.4 is 10.6 Å². The van der Waals surface area contributed by atoms with Crippen molar-refractivity contribution in [1.82, 2.24) is 10.6 Å². The Morgan fingerprint density at radius 2 is 2.00 bits per heavy atom. The van der Waals surface area contributed by atoms with Crippen LogP contribution >= 0.6 is 0 Å². The van der Waals surface area contributed by atoms with E-state index in [4.69, 9.17) is 0 Å². The molecule has 0 fully saturated rings. The van der Waals surface area contributed by atoms with Gasteiger partial charge in [-0.25, -0.2) is 9.59 Å². The van der Waals surface area contributed by atoms with Crippen molar-refractivity contribution in [2.24, 2.45) is 0 Å². The van der Waals surface area contributed by atoms with Crippen LogP contribution in [0, 0.1) is 0 Å². The number of carbonyl (C=O) groups is 2. The lowest BCUT2D eigenvalue weighted by Crippen LogP contribution is -2.50. The lowest BCUT2D eigenvalue weighted by molar-refractivity contribution is -0.139. The second-order valence-electron chi connectivity index (χ2n) is 5.18. The lowest BCUT2D eigenvalue weighted by atomic mass is 10.0. The number of aliphatic carboxylic acids is 1. The standard InChI is InChI=1S/C16H20N2O3/c19-15(20)14(11-12-7-3-1-4-8-12)18-16(21)17-13-9-5-2-6-10-13/h1-5,7-8,13-14H,6,9-11H2,(H,19,20)(H2,17,18,21)/t13?,14-/m0/s1. The Balaban J connectivity index is 1.88. The van der Waals surface area contributed by atoms with E-state index in [0.717, 1.165) is 24.8 Å². The quantitative estimate of drug-likeness (QED) is 0.726. The third kappa shape index (κ3) is 4.95. The Morgan fingerprint density at radius 1 is 1.24 bits per heavy atom. The van der Waals surface area contributed by atoms with Gasteiger partial charge in [0.05, 0.1) is 0 Å². The predicted octanol–water partition coefficient (Wildman–Crippen LogP) is 2.09. The van der Waals surface area contributed by atoms with Crippen LogP contribution in [0.1, 0.15) is 24.8 Å². The molecule has 0 radical (unpaired) electrons. The van der Waals surface area contributed by atoms with E-state index in [1.54, 1.807) is 0 Å². The monoisotopic (exact) mass is 288 g/mol. The number of nitrogens with one attached hydrogen (secondary N) is 2. The molecule has 0 aliphatic heterocycles. The smallest absolute Gasteiger partial charge is 0.326 e. The van der Waals surface area contributed by atoms with Crippen molar-refractivity contribution in [2.75, 3.05) is 0 Å². The van der Waals surface area contributed by atoms with E-state index >= 15 is 0 Å². The Morgan fingerprint density at radius 3 is 2.62 bits per heavy atom. The summed E-state index contributed by atoms with van der Waals surface area (Å²) in [5.41, 5.74) is 0.880. The SMILES string of the molecule is O=C(NC1CC=CCC1)N[C@@H](Cc1ccccc1)C(=O)O. The van der Waals surface area contributed by atoms with Gasteiger partial charge >= 0.3 is 12.0 Å². The van der Waals surface area contributed by atoms with Crippen LogP contribution in [0.25, 0.3) is 0 Å². The largest absolute Gasteiger partial charge is 0.480 e. The zero-order chi connectivity index (χ0) is 15.1. The topological polar surface area (TPSA) is 78.4 Å². The van der Waals surface area contributed by atoms with Crippen LogP contribution in [-0.4, -0.2) is 29.2 Å². The number of urea groups is 1. The number of rotatable bonds is 5. The van der Waals surface area contributed by atoms with E-state index < -0.39 is 18.0 Å². The molecule has 3 N–H and O–H groups in total. The summed E-state index contributed by atoms with van der Waals surface area (Å²) in [6.45, 7) is 0. The summed E-state index contributed by atoms with van der Waals surface area (Å²) in [5.74, 6) is -1.03. The fourth-order valence-corrected chi connectivity index (χ4v) is 2.36. The Labute approximate surface area is 124 Å². The number of carbonyl (C=O) groups excluding carboxylic acids is 1. The Bertz CT molecular complexity index is 514. The van der Waals surface area contributed by atoms with Gasteiger partial charge in [-0.2, -0.15) is 0 Å². The summed E-state index contributed by atoms with van der Waals surface area (Å²) in [6, 6.07) is 8.01. The summed E-state index contributed by atoms with van der Waals surface area (Å²) < 4.78 is 0. The molecule has 0 heterocycles. The third-order valence-electron chi connectivity index (χ3n) is 3.49. The maximum atomic E-state index is 11.9. The highest BCUT2D eigenvalue weighted by Gasteiger charge is 2.21. The van der Waals surface area contributed by atoms with E-state index in [-0.39, 0.29) is 12.5 Å². The first-order valence-corrected chi connectivity index (χ1v) is 7.14. The lowest BCUT2D eigenvalue weighted by Gasteiger charge is -2.21. The minimum absolute atomic E-state index is 0.0844. The van der Waals surface area contributed by atoms with Gasteiger partial charge in [0, 0.05) is 12.5 Å². The third-order valence-corrected chi connectivity index (χ3v) is 3.49. The summed E-state index contributed by atoms with van der Waals surface area (Å²) in [5, 5.41) is 14.6. The van der Waals surface area contributed by atoms with Gasteiger partial charge in [0.25, 0.3) is 0 Å². The number of benzene rings is 1. The van der Waals surface area contributed by atoms with Gasteiger partial charge in [0.15, 0.2) is 0 Å². The van der Waals surface area contributed by atoms with Crippen LogP contribution in [-0.2, 0) is 11.2 Å². The fraction of sp³-hybridized carbons (Fsp3) is 0.375. The maximum absolute atomic E-state index is 11.9. The first-order chi connectivity index (χ1) is 10.1. The number of carboxylic acids is 1. The van der Waals surface area contributed by atoms with E-state index in [2.05, 4.69) is 16.7 Å². The maximum Gasteiger partial charge on any atom is 0.326 e. The van der Waals surface area contributed by atoms with Crippen molar-refractivity contribution in [2.45, 2.75) is 37.8 Å². The van der Waals surface area contributed by atoms with E-state index in [1.165, 1.54) is 0 Å². The van der Waals surface area contributed by atoms with Gasteiger partial charge in [-0.3, -0.25) is 0 Å². The Kier molecular flexibility index (Phi) is 5.37. The van der Waals surface area contributed by atoms with Crippen molar-refractivity contribution in [3.63, 3.8) is 0 Å². The van der Waals surface area contributed by atoms with E-state index in [0.29, 0.717) is 0 Å². The first-order valence-electron chi connectivity index (χ1n) is 7.14. The average molecular weight is 288 g/mol. The number of allylic oxidation sites excluding steroid dienone is 1. The van der Waals surface area contributed by atoms with Crippen molar-refractivity contribution in [3.8, 4) is 0 Å². The van der Waals surface area contributed by atoms with Gasteiger partial charge < -0.3 is 15.7 Å². The predicted molar refractivity (Wildman–Crippen MR) is 80.0 cm³/mol. The van der Waals surface area contributed by atoms with Gasteiger partial charge in [-0.05, 0) is 24.8 Å². The highest BCUT2D eigenvalue weighted by Crippen LogP contribution is 2.10. The normalized spacial score (nSPS) is 18.8. The highest BCUT2D eigenvalue weighted by atomic mass is 16.4. The molecular formula is C16H20N2O3. The molecule has 112 valence electrons. The molecule has 0 spiro atoms. The number of hydrogen-bond acceptors (Lipinski definition) is 2. The molecule has 2 amide bonds. The second kappa shape index (κ2) is 7.47. The van der Waals surface area contributed by atoms with Gasteiger partial charge in [0.2, 0.25) is 0 Å². The molecule has 1 unspecified atom stereocenters. The second-order valence-corrected chi connectivity index (χ2v) is 5.18. The van der Waals surface area contributed by atoms with Crippen molar-refractivity contribution in [3.05, 3.63) is 48.0 Å². The molecule has 0 saturated carbocycles. The van der Waals surface area contributed by atoms with Crippen LogP contribution in [0.15, 0.2) is 42.5 Å². The van der Waals surface area contributed by atoms with Crippen LogP contribution in [0.3, 0.4) is 0 Å². The molecule has 1 aromatic rings. The molecule has 5 heteroatoms. The van der Waals surface area contributed by atoms with Gasteiger partial charge in [-0.15, -0.1) is 0 Å². The molecular weight excluding hydrogens is 268 g/mol. The van der Waals surface area contributed by atoms with Crippen LogP contribution in [0.4, 0.5) is 4.79 Å². The zero-order valence-electron chi connectivity index (χ0n) is 11.8. The van der Waals surface area contributed by atoms with Crippen molar-refractivity contribution < 1.29 is 14.7 Å². The minimum Gasteiger partial charge on any atom is -0.480 e. The molecule has 1 aromatic carbocycles. The summed E-state index contributed by atoms with van der Waals surface area (Å²) in [7, 11) is 0. The summed E-state index contributed by atoms with van der Waals surface area (Å²) in [4.78, 5) is 23.2. The molecule has 1 aliphatic rings. The summed E-state index contributed by atoms with van der Waals surface area (Å²) >= 11 is 0. The molecule has 2 rings (SSSR count). The van der Waals surface area contributed by atoms with Crippen LogP contribution in [0.5, 0.6) is 0 Å². The molecule has 5 nitrogen and oxygen atoms in total. The molecule has 0 bridgehead atoms. The van der Waals surface area contributed by atoms with Gasteiger partial charge in [-0.1, -0.05) is 42.5 Å². The minimum atomic E-state index is -1.03. The zero-order valence-corrected chi connectivity index (χ0v) is 11.8. The molecule has 0 saturated heterocycles. The van der Waals surface area contributed by atoms with E-state index in [9.17, 15) is 14.7 Å². The van der Waals surface area contributed by atoms with E-state index in [1.807, 2.05) is 36.4 Å². The molecule has 21 heavy (non-hydrogen) atoms. The fourth-order valence-electron chi connectivity index (χ4n) is 2.36. The average Bonchev–Trinajstić information content (AvgIpc) is 2.48. The number of hydrogen-bond donors (Lipinski definition) is 3. The molecule has 0 aromatic heterocycles. The first kappa shape index (κ1) is 15.1. The highest BCUT2D eigenvalue weighted by molar-refractivity contribution is 5.82. The Hall–Kier alpha value is -2.30. The van der Waals surface area contributed by atoms with Crippen molar-refractivity contribution in [1.29, 1.82) is 0 Å².